The van der Waals surface area contributed by atoms with Gasteiger partial charge in [-0.1, -0.05) is 0 Å². The number of rotatable bonds is 3. The molecular formula is C7H4F2O4. The molecule has 0 aliphatic heterocycles. The van der Waals surface area contributed by atoms with Crippen molar-refractivity contribution in [1.82, 2.24) is 0 Å². The van der Waals surface area contributed by atoms with Crippen LogP contribution in [0, 0.1) is 0 Å². The van der Waals surface area contributed by atoms with Crippen molar-refractivity contribution in [1.29, 1.82) is 0 Å². The second-order valence-electron chi connectivity index (χ2n) is 2.19. The fraction of sp³-hybridized carbons (Fsp3) is 0.143. The summed E-state index contributed by atoms with van der Waals surface area (Å²) in [7, 11) is 0. The normalized spacial score (nSPS) is 11.2. The van der Waals surface area contributed by atoms with Crippen molar-refractivity contribution in [3.8, 4) is 0 Å². The fourth-order valence-electron chi connectivity index (χ4n) is 0.660. The van der Waals surface area contributed by atoms with E-state index in [1.807, 2.05) is 0 Å². The second kappa shape index (κ2) is 2.96. The summed E-state index contributed by atoms with van der Waals surface area (Å²) in [6.07, 6.45) is 1.01. The van der Waals surface area contributed by atoms with Crippen LogP contribution in [-0.2, 0) is 4.79 Å². The lowest BCUT2D eigenvalue weighted by molar-refractivity contribution is -0.157. The van der Waals surface area contributed by atoms with Gasteiger partial charge in [-0.25, -0.2) is 4.79 Å². The summed E-state index contributed by atoms with van der Waals surface area (Å²) in [4.78, 5) is 20.7. The standard InChI is InChI=1S/C7H4F2O4/c8-7(9,6(11)12)5(10)4-2-1-3-13-4/h1-3H,(H,11,12). The molecule has 4 nitrogen and oxygen atoms in total. The predicted octanol–water partition coefficient (Wildman–Crippen LogP) is 1.18. The molecule has 0 saturated carbocycles. The molecule has 1 N–H and O–H groups in total. The van der Waals surface area contributed by atoms with Gasteiger partial charge in [-0.15, -0.1) is 0 Å². The lowest BCUT2D eigenvalue weighted by Gasteiger charge is -2.06. The highest BCUT2D eigenvalue weighted by Gasteiger charge is 2.49. The van der Waals surface area contributed by atoms with E-state index < -0.39 is 23.4 Å². The highest BCUT2D eigenvalue weighted by molar-refractivity contribution is 6.11. The molecule has 0 saturated heterocycles. The third-order valence-electron chi connectivity index (χ3n) is 1.30. The lowest BCUT2D eigenvalue weighted by atomic mass is 10.2. The Labute approximate surface area is 70.8 Å². The number of carbonyl (C=O) groups is 2. The Balaban J connectivity index is 2.98. The second-order valence-corrected chi connectivity index (χ2v) is 2.19. The molecule has 0 aromatic carbocycles. The maximum absolute atomic E-state index is 12.5. The van der Waals surface area contributed by atoms with Crippen LogP contribution < -0.4 is 0 Å². The molecule has 0 aliphatic carbocycles. The van der Waals surface area contributed by atoms with Crippen molar-refractivity contribution in [2.45, 2.75) is 5.92 Å². The van der Waals surface area contributed by atoms with E-state index in [1.54, 1.807) is 0 Å². The van der Waals surface area contributed by atoms with Gasteiger partial charge in [0, 0.05) is 0 Å². The van der Waals surface area contributed by atoms with Crippen molar-refractivity contribution in [3.05, 3.63) is 24.2 Å². The highest BCUT2D eigenvalue weighted by atomic mass is 19.3. The Bertz CT molecular complexity index is 328. The maximum Gasteiger partial charge on any atom is 0.407 e. The number of carboxylic acids is 1. The largest absolute Gasteiger partial charge is 0.476 e. The van der Waals surface area contributed by atoms with Crippen LogP contribution in [0.2, 0.25) is 0 Å². The van der Waals surface area contributed by atoms with Crippen molar-refractivity contribution >= 4 is 11.8 Å². The zero-order valence-electron chi connectivity index (χ0n) is 6.16. The van der Waals surface area contributed by atoms with Gasteiger partial charge in [-0.05, 0) is 12.1 Å². The molecule has 0 atom stereocenters. The first kappa shape index (κ1) is 9.37. The number of alkyl halides is 2. The molecule has 70 valence electrons. The van der Waals surface area contributed by atoms with Gasteiger partial charge in [0.05, 0.1) is 6.26 Å². The Morgan fingerprint density at radius 2 is 2.08 bits per heavy atom. The molecule has 13 heavy (non-hydrogen) atoms. The van der Waals surface area contributed by atoms with Gasteiger partial charge in [0.1, 0.15) is 0 Å². The summed E-state index contributed by atoms with van der Waals surface area (Å²) in [6, 6.07) is 2.18. The first-order chi connectivity index (χ1) is 5.96. The minimum atomic E-state index is -4.43. The molecule has 1 aromatic heterocycles. The van der Waals surface area contributed by atoms with Gasteiger partial charge in [0.15, 0.2) is 5.76 Å². The molecule has 0 aliphatic rings. The molecule has 6 heteroatoms. The molecule has 0 unspecified atom stereocenters. The van der Waals surface area contributed by atoms with Gasteiger partial charge in [-0.2, -0.15) is 8.78 Å². The van der Waals surface area contributed by atoms with Gasteiger partial charge < -0.3 is 9.52 Å². The van der Waals surface area contributed by atoms with Crippen molar-refractivity contribution in [3.63, 3.8) is 0 Å². The average molecular weight is 190 g/mol. The molecule has 1 rings (SSSR count). The summed E-state index contributed by atoms with van der Waals surface area (Å²) in [5.41, 5.74) is 0. The van der Waals surface area contributed by atoms with Gasteiger partial charge >= 0.3 is 11.9 Å². The Hall–Kier alpha value is -1.72. The fourth-order valence-corrected chi connectivity index (χ4v) is 0.660. The van der Waals surface area contributed by atoms with E-state index in [0.717, 1.165) is 12.3 Å². The number of ketones is 1. The first-order valence-corrected chi connectivity index (χ1v) is 3.15. The van der Waals surface area contributed by atoms with E-state index in [-0.39, 0.29) is 0 Å². The predicted molar refractivity (Wildman–Crippen MR) is 35.6 cm³/mol. The van der Waals surface area contributed by atoms with Crippen molar-refractivity contribution in [2.75, 3.05) is 0 Å². The summed E-state index contributed by atoms with van der Waals surface area (Å²) in [5, 5.41) is 8.00. The molecule has 0 bridgehead atoms. The molecule has 0 radical (unpaired) electrons. The third kappa shape index (κ3) is 1.56. The molecule has 1 aromatic rings. The zero-order valence-corrected chi connectivity index (χ0v) is 6.16. The summed E-state index contributed by atoms with van der Waals surface area (Å²) in [6.45, 7) is 0. The number of halogens is 2. The van der Waals surface area contributed by atoms with E-state index in [1.165, 1.54) is 6.07 Å². The summed E-state index contributed by atoms with van der Waals surface area (Å²) >= 11 is 0. The van der Waals surface area contributed by atoms with Crippen LogP contribution in [0.4, 0.5) is 8.78 Å². The quantitative estimate of drug-likeness (QED) is 0.574. The number of hydrogen-bond acceptors (Lipinski definition) is 3. The number of carbonyl (C=O) groups excluding carboxylic acids is 1. The van der Waals surface area contributed by atoms with Crippen molar-refractivity contribution < 1.29 is 27.9 Å². The van der Waals surface area contributed by atoms with E-state index >= 15 is 0 Å². The van der Waals surface area contributed by atoms with Gasteiger partial charge in [-0.3, -0.25) is 4.79 Å². The average Bonchev–Trinajstić information content (AvgIpc) is 2.54. The minimum Gasteiger partial charge on any atom is -0.476 e. The van der Waals surface area contributed by atoms with E-state index in [9.17, 15) is 18.4 Å². The Kier molecular flexibility index (Phi) is 2.14. The molecular weight excluding hydrogens is 186 g/mol. The monoisotopic (exact) mass is 190 g/mol. The number of carboxylic acid groups (broad SMARTS) is 1. The van der Waals surface area contributed by atoms with E-state index in [0.29, 0.717) is 0 Å². The number of Topliss-reactive ketones (excluding diaryl/α,β-unsaturated/α-hetero) is 1. The van der Waals surface area contributed by atoms with Crippen LogP contribution in [0.5, 0.6) is 0 Å². The molecule has 0 amide bonds. The van der Waals surface area contributed by atoms with Crippen LogP contribution in [0.15, 0.2) is 22.8 Å². The lowest BCUT2D eigenvalue weighted by Crippen LogP contribution is -2.37. The number of aliphatic carboxylic acids is 1. The Morgan fingerprint density at radius 1 is 1.46 bits per heavy atom. The van der Waals surface area contributed by atoms with Crippen LogP contribution >= 0.6 is 0 Å². The van der Waals surface area contributed by atoms with Gasteiger partial charge in [0.2, 0.25) is 0 Å². The highest BCUT2D eigenvalue weighted by Crippen LogP contribution is 2.20. The van der Waals surface area contributed by atoms with E-state index in [4.69, 9.17) is 5.11 Å². The molecule has 0 spiro atoms. The van der Waals surface area contributed by atoms with E-state index in [2.05, 4.69) is 4.42 Å². The zero-order chi connectivity index (χ0) is 10.1. The Morgan fingerprint density at radius 3 is 2.46 bits per heavy atom. The number of furan rings is 1. The number of hydrogen-bond donors (Lipinski definition) is 1. The maximum atomic E-state index is 12.5. The van der Waals surface area contributed by atoms with Crippen LogP contribution in [-0.4, -0.2) is 22.8 Å². The van der Waals surface area contributed by atoms with Crippen LogP contribution in [0.3, 0.4) is 0 Å². The molecule has 0 fully saturated rings. The smallest absolute Gasteiger partial charge is 0.407 e. The molecule has 1 heterocycles. The van der Waals surface area contributed by atoms with Crippen molar-refractivity contribution in [2.24, 2.45) is 0 Å². The van der Waals surface area contributed by atoms with Crippen LogP contribution in [0.1, 0.15) is 10.6 Å². The third-order valence-corrected chi connectivity index (χ3v) is 1.30. The SMILES string of the molecule is O=C(O)C(F)(F)C(=O)c1ccco1. The van der Waals surface area contributed by atoms with Gasteiger partial charge in [0.25, 0.3) is 5.78 Å². The topological polar surface area (TPSA) is 67.5 Å². The first-order valence-electron chi connectivity index (χ1n) is 3.15. The minimum absolute atomic E-state index is 0.674. The summed E-state index contributed by atoms with van der Waals surface area (Å²) < 4.78 is 29.3. The van der Waals surface area contributed by atoms with Crippen LogP contribution in [0.25, 0.3) is 0 Å². The summed E-state index contributed by atoms with van der Waals surface area (Å²) in [5.74, 6) is -9.45.